The maximum atomic E-state index is 13.0. The third kappa shape index (κ3) is 61.3. The molecule has 87 heavy (non-hydrogen) atoms. The normalized spacial score (nSPS) is 14.4. The van der Waals surface area contributed by atoms with Crippen LogP contribution < -0.4 is 0 Å². The molecule has 0 bridgehead atoms. The summed E-state index contributed by atoms with van der Waals surface area (Å²) in [4.78, 5) is 72.2. The number of rotatable bonds is 68. The lowest BCUT2D eigenvalue weighted by Crippen LogP contribution is -2.30. The van der Waals surface area contributed by atoms with Crippen LogP contribution in [0.15, 0.2) is 0 Å². The summed E-state index contributed by atoms with van der Waals surface area (Å²) in [7, 11) is -9.89. The summed E-state index contributed by atoms with van der Waals surface area (Å²) < 4.78 is 68.0. The van der Waals surface area contributed by atoms with Gasteiger partial charge in [0.15, 0.2) is 12.2 Å². The summed E-state index contributed by atoms with van der Waals surface area (Å²) in [5.74, 6) is -1.37. The van der Waals surface area contributed by atoms with Crippen molar-refractivity contribution in [2.45, 2.75) is 368 Å². The zero-order valence-corrected chi connectivity index (χ0v) is 57.9. The summed E-state index contributed by atoms with van der Waals surface area (Å²) in [5.41, 5.74) is 0. The number of hydrogen-bond acceptors (Lipinski definition) is 15. The molecular formula is C68H132O17P2. The van der Waals surface area contributed by atoms with Crippen molar-refractivity contribution < 1.29 is 80.2 Å². The minimum Gasteiger partial charge on any atom is -0.462 e. The van der Waals surface area contributed by atoms with E-state index in [4.69, 9.17) is 37.0 Å². The standard InChI is InChI=1S/C68H132O17P2/c1-6-10-13-16-18-20-22-24-25-26-27-29-31-33-38-43-48-53-67(72)85-64(58-79-66(71)52-47-42-37-32-30-28-23-21-19-17-14-11-7-2)60-83-87(76,77)81-56-62(69)55-80-86(74,75)82-59-63(57-78-65(70)51-46-40-15-12-8-3)84-68(73)54-49-44-39-35-34-36-41-45-50-61(5)9-4/h61-64,69H,6-60H2,1-5H3,(H,74,75)(H,76,77)/t61?,62-,63+,64+/m0/s1. The van der Waals surface area contributed by atoms with E-state index in [-0.39, 0.29) is 25.7 Å². The molecule has 0 saturated heterocycles. The number of aliphatic hydroxyl groups excluding tert-OH is 1. The van der Waals surface area contributed by atoms with Gasteiger partial charge in [-0.25, -0.2) is 9.13 Å². The van der Waals surface area contributed by atoms with Gasteiger partial charge in [-0.15, -0.1) is 0 Å². The molecule has 3 unspecified atom stereocenters. The monoisotopic (exact) mass is 1280 g/mol. The van der Waals surface area contributed by atoms with E-state index in [9.17, 15) is 43.2 Å². The van der Waals surface area contributed by atoms with Gasteiger partial charge < -0.3 is 33.8 Å². The Balaban J connectivity index is 5.16. The Morgan fingerprint density at radius 2 is 0.552 bits per heavy atom. The number of unbranched alkanes of at least 4 members (excludes halogenated alkanes) is 39. The average Bonchev–Trinajstić information content (AvgIpc) is 3.60. The molecule has 0 aliphatic heterocycles. The van der Waals surface area contributed by atoms with Crippen molar-refractivity contribution in [3.63, 3.8) is 0 Å². The highest BCUT2D eigenvalue weighted by atomic mass is 31.2. The van der Waals surface area contributed by atoms with Gasteiger partial charge >= 0.3 is 39.5 Å². The van der Waals surface area contributed by atoms with Gasteiger partial charge in [-0.1, -0.05) is 298 Å². The topological polar surface area (TPSA) is 237 Å². The minimum atomic E-state index is -4.95. The third-order valence-electron chi connectivity index (χ3n) is 16.1. The number of ether oxygens (including phenoxy) is 4. The third-order valence-corrected chi connectivity index (χ3v) is 18.0. The van der Waals surface area contributed by atoms with Crippen molar-refractivity contribution in [1.29, 1.82) is 0 Å². The molecule has 6 atom stereocenters. The number of carbonyl (C=O) groups is 4. The highest BCUT2D eigenvalue weighted by Crippen LogP contribution is 2.45. The first-order valence-corrected chi connectivity index (χ1v) is 38.7. The highest BCUT2D eigenvalue weighted by Gasteiger charge is 2.30. The van der Waals surface area contributed by atoms with Crippen molar-refractivity contribution >= 4 is 39.5 Å². The summed E-state index contributed by atoms with van der Waals surface area (Å²) in [6, 6.07) is 0. The molecule has 0 fully saturated rings. The fraction of sp³-hybridized carbons (Fsp3) is 0.941. The Hall–Kier alpha value is -1.94. The van der Waals surface area contributed by atoms with E-state index in [1.165, 1.54) is 167 Å². The number of carbonyl (C=O) groups excluding carboxylic acids is 4. The number of phosphoric acid groups is 2. The molecule has 0 aromatic heterocycles. The van der Waals surface area contributed by atoms with E-state index >= 15 is 0 Å². The van der Waals surface area contributed by atoms with Crippen molar-refractivity contribution in [3.8, 4) is 0 Å². The molecule has 0 saturated carbocycles. The second-order valence-corrected chi connectivity index (χ2v) is 27.7. The fourth-order valence-corrected chi connectivity index (χ4v) is 11.8. The van der Waals surface area contributed by atoms with Gasteiger partial charge in [-0.3, -0.25) is 37.3 Å². The van der Waals surface area contributed by atoms with Gasteiger partial charge in [0.1, 0.15) is 19.3 Å². The zero-order valence-electron chi connectivity index (χ0n) is 56.2. The zero-order chi connectivity index (χ0) is 64.2. The smallest absolute Gasteiger partial charge is 0.462 e. The van der Waals surface area contributed by atoms with Gasteiger partial charge in [0.25, 0.3) is 0 Å². The van der Waals surface area contributed by atoms with E-state index in [2.05, 4.69) is 34.6 Å². The predicted octanol–water partition coefficient (Wildman–Crippen LogP) is 19.4. The summed E-state index contributed by atoms with van der Waals surface area (Å²) >= 11 is 0. The van der Waals surface area contributed by atoms with E-state index in [1.807, 2.05) is 0 Å². The average molecular weight is 1280 g/mol. The highest BCUT2D eigenvalue weighted by molar-refractivity contribution is 7.47. The quantitative estimate of drug-likeness (QED) is 0.0222. The van der Waals surface area contributed by atoms with Crippen molar-refractivity contribution in [2.24, 2.45) is 5.92 Å². The maximum Gasteiger partial charge on any atom is 0.472 e. The molecule has 0 rings (SSSR count). The molecule has 0 aromatic rings. The Morgan fingerprint density at radius 3 is 0.816 bits per heavy atom. The molecule has 3 N–H and O–H groups in total. The lowest BCUT2D eigenvalue weighted by atomic mass is 9.99. The van der Waals surface area contributed by atoms with Crippen LogP contribution in [0.1, 0.15) is 349 Å². The lowest BCUT2D eigenvalue weighted by Gasteiger charge is -2.21. The molecule has 0 spiro atoms. The molecule has 516 valence electrons. The fourth-order valence-electron chi connectivity index (χ4n) is 10.3. The van der Waals surface area contributed by atoms with Crippen LogP contribution >= 0.6 is 15.6 Å². The van der Waals surface area contributed by atoms with Gasteiger partial charge in [0.2, 0.25) is 0 Å². The summed E-state index contributed by atoms with van der Waals surface area (Å²) in [6.07, 6.45) is 47.5. The predicted molar refractivity (Wildman–Crippen MR) is 349 cm³/mol. The van der Waals surface area contributed by atoms with Crippen LogP contribution in [0.4, 0.5) is 0 Å². The van der Waals surface area contributed by atoms with Crippen LogP contribution in [0, 0.1) is 5.92 Å². The van der Waals surface area contributed by atoms with Gasteiger partial charge in [0.05, 0.1) is 26.4 Å². The van der Waals surface area contributed by atoms with E-state index < -0.39 is 97.5 Å². The van der Waals surface area contributed by atoms with Gasteiger partial charge in [-0.05, 0) is 31.6 Å². The van der Waals surface area contributed by atoms with Crippen LogP contribution in [-0.2, 0) is 65.4 Å². The van der Waals surface area contributed by atoms with Crippen LogP contribution in [-0.4, -0.2) is 96.7 Å². The number of aliphatic hydroxyl groups is 1. The first-order chi connectivity index (χ1) is 42.1. The first-order valence-electron chi connectivity index (χ1n) is 35.7. The summed E-state index contributed by atoms with van der Waals surface area (Å²) in [6.45, 7) is 7.14. The van der Waals surface area contributed by atoms with Gasteiger partial charge in [0, 0.05) is 25.7 Å². The Morgan fingerprint density at radius 1 is 0.322 bits per heavy atom. The summed E-state index contributed by atoms with van der Waals surface area (Å²) in [5, 5.41) is 10.5. The van der Waals surface area contributed by atoms with Gasteiger partial charge in [-0.2, -0.15) is 0 Å². The number of hydrogen-bond donors (Lipinski definition) is 3. The minimum absolute atomic E-state index is 0.104. The number of esters is 4. The van der Waals surface area contributed by atoms with Crippen molar-refractivity contribution in [3.05, 3.63) is 0 Å². The Labute approximate surface area is 530 Å². The lowest BCUT2D eigenvalue weighted by molar-refractivity contribution is -0.161. The van der Waals surface area contributed by atoms with E-state index in [0.717, 1.165) is 102 Å². The molecule has 0 aromatic carbocycles. The van der Waals surface area contributed by atoms with Crippen molar-refractivity contribution in [1.82, 2.24) is 0 Å². The Bertz CT molecular complexity index is 1690. The Kier molecular flexibility index (Phi) is 60.2. The SMILES string of the molecule is CCCCCCCCCCCCCCCCCCCC(=O)O[C@H](COC(=O)CCCCCCCCCCCCCCC)COP(=O)(O)OC[C@@H](O)COP(=O)(O)OC[C@@H](COC(=O)CCCCCCC)OC(=O)CCCCCCCCCCC(C)CC. The maximum absolute atomic E-state index is 13.0. The second kappa shape index (κ2) is 61.6. The first kappa shape index (κ1) is 85.1. The molecule has 17 nitrogen and oxygen atoms in total. The molecule has 0 amide bonds. The van der Waals surface area contributed by atoms with Crippen molar-refractivity contribution in [2.75, 3.05) is 39.6 Å². The van der Waals surface area contributed by atoms with Crippen LogP contribution in [0.2, 0.25) is 0 Å². The van der Waals surface area contributed by atoms with Crippen LogP contribution in [0.3, 0.4) is 0 Å². The second-order valence-electron chi connectivity index (χ2n) is 24.8. The molecular weight excluding hydrogens is 1150 g/mol. The largest absolute Gasteiger partial charge is 0.472 e. The molecule has 0 heterocycles. The molecule has 19 heteroatoms. The number of phosphoric ester groups is 2. The molecule has 0 radical (unpaired) electrons. The van der Waals surface area contributed by atoms with Crippen LogP contribution in [0.5, 0.6) is 0 Å². The van der Waals surface area contributed by atoms with Crippen LogP contribution in [0.25, 0.3) is 0 Å². The molecule has 0 aliphatic carbocycles. The van der Waals surface area contributed by atoms with E-state index in [0.29, 0.717) is 25.7 Å². The van der Waals surface area contributed by atoms with E-state index in [1.54, 1.807) is 0 Å². The molecule has 0 aliphatic rings.